The minimum absolute atomic E-state index is 0.00341. The van der Waals surface area contributed by atoms with Crippen molar-refractivity contribution in [3.63, 3.8) is 0 Å². The highest BCUT2D eigenvalue weighted by Crippen LogP contribution is 2.35. The zero-order valence-corrected chi connectivity index (χ0v) is 15.4. The highest BCUT2D eigenvalue weighted by Gasteiger charge is 2.34. The molecule has 0 saturated carbocycles. The van der Waals surface area contributed by atoms with E-state index in [2.05, 4.69) is 32.0 Å². The van der Waals surface area contributed by atoms with Gasteiger partial charge in [-0.25, -0.2) is 8.42 Å². The molecule has 2 heterocycles. The fraction of sp³-hybridized carbons (Fsp3) is 0.632. The number of benzene rings is 1. The molecule has 3 rings (SSSR count). The maximum absolute atomic E-state index is 12.9. The van der Waals surface area contributed by atoms with Crippen molar-refractivity contribution in [1.82, 2.24) is 4.90 Å². The van der Waals surface area contributed by atoms with E-state index in [-0.39, 0.29) is 29.4 Å². The van der Waals surface area contributed by atoms with Crippen molar-refractivity contribution in [3.8, 4) is 0 Å². The number of aryl methyl sites for hydroxylation is 1. The monoisotopic (exact) mass is 349 g/mol. The van der Waals surface area contributed by atoms with Crippen LogP contribution in [0.2, 0.25) is 0 Å². The second-order valence-electron chi connectivity index (χ2n) is 7.36. The second-order valence-corrected chi connectivity index (χ2v) is 9.59. The van der Waals surface area contributed by atoms with Gasteiger partial charge in [0.25, 0.3) is 0 Å². The molecule has 1 aromatic rings. The second kappa shape index (κ2) is 6.87. The lowest BCUT2D eigenvalue weighted by Crippen LogP contribution is -2.39. The molecule has 2 aliphatic rings. The molecule has 0 spiro atoms. The Kier molecular flexibility index (Phi) is 5.00. The number of carbonyl (C=O) groups is 1. The van der Waals surface area contributed by atoms with Crippen molar-refractivity contribution in [2.75, 3.05) is 18.1 Å². The van der Waals surface area contributed by atoms with Gasteiger partial charge in [0.15, 0.2) is 9.84 Å². The van der Waals surface area contributed by atoms with Gasteiger partial charge in [-0.15, -0.1) is 0 Å². The molecule has 0 N–H and O–H groups in total. The van der Waals surface area contributed by atoms with Crippen molar-refractivity contribution in [1.29, 1.82) is 0 Å². The van der Waals surface area contributed by atoms with E-state index >= 15 is 0 Å². The molecule has 24 heavy (non-hydrogen) atoms. The van der Waals surface area contributed by atoms with Crippen LogP contribution in [0.1, 0.15) is 54.8 Å². The van der Waals surface area contributed by atoms with Gasteiger partial charge < -0.3 is 4.90 Å². The fourth-order valence-corrected chi connectivity index (χ4v) is 5.95. The normalized spacial score (nSPS) is 26.5. The third-order valence-electron chi connectivity index (χ3n) is 5.62. The van der Waals surface area contributed by atoms with Crippen LogP contribution < -0.4 is 0 Å². The molecule has 2 atom stereocenters. The quantitative estimate of drug-likeness (QED) is 0.842. The van der Waals surface area contributed by atoms with Gasteiger partial charge in [0.1, 0.15) is 0 Å². The van der Waals surface area contributed by atoms with Crippen LogP contribution in [0.3, 0.4) is 0 Å². The Labute approximate surface area is 145 Å². The van der Waals surface area contributed by atoms with Crippen molar-refractivity contribution in [2.45, 2.75) is 52.0 Å². The molecule has 2 aliphatic heterocycles. The van der Waals surface area contributed by atoms with Crippen molar-refractivity contribution in [3.05, 3.63) is 34.9 Å². The van der Waals surface area contributed by atoms with Crippen molar-refractivity contribution < 1.29 is 13.2 Å². The summed E-state index contributed by atoms with van der Waals surface area (Å²) in [6.45, 7) is 5.03. The van der Waals surface area contributed by atoms with Crippen molar-refractivity contribution >= 4 is 15.7 Å². The summed E-state index contributed by atoms with van der Waals surface area (Å²) in [6, 6.07) is 6.46. The van der Waals surface area contributed by atoms with Gasteiger partial charge in [0.05, 0.1) is 17.5 Å². The van der Waals surface area contributed by atoms with Crippen molar-refractivity contribution in [2.24, 2.45) is 5.92 Å². The number of amides is 1. The lowest BCUT2D eigenvalue weighted by Gasteiger charge is -2.37. The molecule has 0 aliphatic carbocycles. The van der Waals surface area contributed by atoms with Crippen LogP contribution in [0, 0.1) is 19.8 Å². The van der Waals surface area contributed by atoms with E-state index in [0.717, 1.165) is 25.8 Å². The Morgan fingerprint density at radius 3 is 2.71 bits per heavy atom. The zero-order chi connectivity index (χ0) is 17.3. The molecule has 1 amide bonds. The molecule has 0 aromatic heterocycles. The number of hydrogen-bond acceptors (Lipinski definition) is 3. The maximum atomic E-state index is 12.9. The summed E-state index contributed by atoms with van der Waals surface area (Å²) in [7, 11) is -2.92. The van der Waals surface area contributed by atoms with Gasteiger partial charge in [-0.1, -0.05) is 18.2 Å². The largest absolute Gasteiger partial charge is 0.336 e. The first-order valence-corrected chi connectivity index (χ1v) is 10.8. The number of carbonyl (C=O) groups excluding carboxylic acids is 1. The SMILES string of the molecule is Cc1cccc(C2CCCCN2C(=O)CC2CCS(=O)(=O)C2)c1C. The van der Waals surface area contributed by atoms with Crippen LogP contribution in [0.15, 0.2) is 18.2 Å². The molecule has 0 bridgehead atoms. The average molecular weight is 349 g/mol. The molecule has 2 fully saturated rings. The highest BCUT2D eigenvalue weighted by molar-refractivity contribution is 7.91. The van der Waals surface area contributed by atoms with Crippen LogP contribution >= 0.6 is 0 Å². The van der Waals surface area contributed by atoms with E-state index in [1.165, 1.54) is 16.7 Å². The minimum atomic E-state index is -2.92. The Morgan fingerprint density at radius 2 is 2.00 bits per heavy atom. The smallest absolute Gasteiger partial charge is 0.223 e. The van der Waals surface area contributed by atoms with E-state index in [0.29, 0.717) is 12.8 Å². The van der Waals surface area contributed by atoms with E-state index < -0.39 is 9.84 Å². The lowest BCUT2D eigenvalue weighted by atomic mass is 9.89. The summed E-state index contributed by atoms with van der Waals surface area (Å²) >= 11 is 0. The summed E-state index contributed by atoms with van der Waals surface area (Å²) < 4.78 is 23.3. The Balaban J connectivity index is 1.77. The van der Waals surface area contributed by atoms with Gasteiger partial charge in [-0.05, 0) is 62.1 Å². The number of rotatable bonds is 3. The summed E-state index contributed by atoms with van der Waals surface area (Å²) in [5.74, 6) is 0.554. The number of likely N-dealkylation sites (tertiary alicyclic amines) is 1. The standard InChI is InChI=1S/C19H27NO3S/c1-14-6-5-7-17(15(14)2)18-8-3-4-10-20(18)19(21)12-16-9-11-24(22,23)13-16/h5-7,16,18H,3-4,8-13H2,1-2H3. The summed E-state index contributed by atoms with van der Waals surface area (Å²) in [5.41, 5.74) is 3.78. The average Bonchev–Trinajstić information content (AvgIpc) is 2.89. The molecule has 5 heteroatoms. The van der Waals surface area contributed by atoms with Gasteiger partial charge in [-0.2, -0.15) is 0 Å². The van der Waals surface area contributed by atoms with E-state index in [4.69, 9.17) is 0 Å². The number of piperidine rings is 1. The van der Waals surface area contributed by atoms with Gasteiger partial charge in [0.2, 0.25) is 5.91 Å². The first-order valence-electron chi connectivity index (χ1n) is 8.93. The molecule has 2 saturated heterocycles. The minimum Gasteiger partial charge on any atom is -0.336 e. The van der Waals surface area contributed by atoms with Crippen LogP contribution in [-0.2, 0) is 14.6 Å². The number of nitrogens with zero attached hydrogens (tertiary/aromatic N) is 1. The number of sulfone groups is 1. The molecule has 0 radical (unpaired) electrons. The summed E-state index contributed by atoms with van der Waals surface area (Å²) in [6.07, 6.45) is 4.19. The third-order valence-corrected chi connectivity index (χ3v) is 7.46. The summed E-state index contributed by atoms with van der Waals surface area (Å²) in [4.78, 5) is 14.9. The molecular weight excluding hydrogens is 322 g/mol. The summed E-state index contributed by atoms with van der Waals surface area (Å²) in [5, 5.41) is 0. The Hall–Kier alpha value is -1.36. The topological polar surface area (TPSA) is 54.5 Å². The first-order chi connectivity index (χ1) is 11.4. The number of hydrogen-bond donors (Lipinski definition) is 0. The predicted octanol–water partition coefficient (Wildman–Crippen LogP) is 3.18. The lowest BCUT2D eigenvalue weighted by molar-refractivity contribution is -0.135. The molecular formula is C19H27NO3S. The fourth-order valence-electron chi connectivity index (χ4n) is 4.09. The molecule has 4 nitrogen and oxygen atoms in total. The third kappa shape index (κ3) is 3.66. The van der Waals surface area contributed by atoms with E-state index in [9.17, 15) is 13.2 Å². The maximum Gasteiger partial charge on any atom is 0.223 e. The van der Waals surface area contributed by atoms with Crippen LogP contribution in [-0.4, -0.2) is 37.3 Å². The van der Waals surface area contributed by atoms with Crippen LogP contribution in [0.25, 0.3) is 0 Å². The molecule has 1 aromatic carbocycles. The first kappa shape index (κ1) is 17.5. The Bertz CT molecular complexity index is 726. The van der Waals surface area contributed by atoms with Gasteiger partial charge >= 0.3 is 0 Å². The van der Waals surface area contributed by atoms with E-state index in [1.807, 2.05) is 4.90 Å². The van der Waals surface area contributed by atoms with Gasteiger partial charge in [0, 0.05) is 13.0 Å². The Morgan fingerprint density at radius 1 is 1.21 bits per heavy atom. The highest BCUT2D eigenvalue weighted by atomic mass is 32.2. The predicted molar refractivity (Wildman–Crippen MR) is 95.6 cm³/mol. The molecule has 2 unspecified atom stereocenters. The van der Waals surface area contributed by atoms with Crippen LogP contribution in [0.5, 0.6) is 0 Å². The van der Waals surface area contributed by atoms with Gasteiger partial charge in [-0.3, -0.25) is 4.79 Å². The zero-order valence-electron chi connectivity index (χ0n) is 14.6. The van der Waals surface area contributed by atoms with Crippen LogP contribution in [0.4, 0.5) is 0 Å². The molecule has 132 valence electrons. The van der Waals surface area contributed by atoms with E-state index in [1.54, 1.807) is 0 Å².